The van der Waals surface area contributed by atoms with Crippen LogP contribution < -0.4 is 0 Å². The molecule has 0 bridgehead atoms. The second-order valence-electron chi connectivity index (χ2n) is 15.8. The number of ether oxygens (including phenoxy) is 7. The van der Waals surface area contributed by atoms with Gasteiger partial charge in [-0.15, -0.1) is 0 Å². The van der Waals surface area contributed by atoms with E-state index in [1.807, 2.05) is 121 Å². The summed E-state index contributed by atoms with van der Waals surface area (Å²) < 4.78 is 50.2. The molecule has 13 nitrogen and oxygen atoms in total. The lowest BCUT2D eigenvalue weighted by Gasteiger charge is -2.45. The fourth-order valence-electron chi connectivity index (χ4n) is 8.24. The number of aliphatic hydroxyl groups excluding tert-OH is 1. The van der Waals surface area contributed by atoms with Gasteiger partial charge >= 0.3 is 12.1 Å². The van der Waals surface area contributed by atoms with Crippen molar-refractivity contribution in [3.63, 3.8) is 0 Å². The van der Waals surface area contributed by atoms with Gasteiger partial charge in [-0.05, 0) is 64.0 Å². The van der Waals surface area contributed by atoms with Crippen LogP contribution in [-0.2, 0) is 68.8 Å². The first-order valence-corrected chi connectivity index (χ1v) is 22.2. The Morgan fingerprint density at radius 2 is 1.38 bits per heavy atom. The van der Waals surface area contributed by atoms with Crippen molar-refractivity contribution in [3.8, 4) is 0 Å². The van der Waals surface area contributed by atoms with Crippen LogP contribution in [0.3, 0.4) is 0 Å². The second kappa shape index (κ2) is 22.6. The molecule has 0 spiro atoms. The van der Waals surface area contributed by atoms with E-state index in [1.165, 1.54) is 14.0 Å². The molecule has 14 heteroatoms. The van der Waals surface area contributed by atoms with Gasteiger partial charge in [0.1, 0.15) is 42.0 Å². The third kappa shape index (κ3) is 11.5. The van der Waals surface area contributed by atoms with Gasteiger partial charge in [-0.1, -0.05) is 121 Å². The van der Waals surface area contributed by atoms with Crippen molar-refractivity contribution in [1.29, 1.82) is 0 Å². The smallest absolute Gasteiger partial charge is 0.417 e. The van der Waals surface area contributed by atoms with E-state index in [0.29, 0.717) is 23.1 Å². The number of hydrogen-bond donors (Lipinski definition) is 1. The number of methoxy groups -OCH3 is 1. The molecule has 5 aromatic rings. The number of amides is 2. The Labute approximate surface area is 381 Å². The van der Waals surface area contributed by atoms with Gasteiger partial charge in [-0.2, -0.15) is 0 Å². The van der Waals surface area contributed by atoms with Gasteiger partial charge < -0.3 is 42.7 Å². The minimum atomic E-state index is -1.20. The minimum Gasteiger partial charge on any atom is -0.461 e. The van der Waals surface area contributed by atoms with Crippen molar-refractivity contribution in [2.45, 2.75) is 95.3 Å². The zero-order chi connectivity index (χ0) is 45.0. The van der Waals surface area contributed by atoms with Crippen molar-refractivity contribution in [2.24, 2.45) is 5.92 Å². The van der Waals surface area contributed by atoms with Crippen LogP contribution in [-0.4, -0.2) is 85.0 Å². The summed E-state index contributed by atoms with van der Waals surface area (Å²) in [5.74, 6) is -1.48. The average molecular weight is 941 g/mol. The molecule has 0 saturated carbocycles. The van der Waals surface area contributed by atoms with Gasteiger partial charge in [-0.3, -0.25) is 9.59 Å². The molecule has 3 heterocycles. The van der Waals surface area contributed by atoms with E-state index in [0.717, 1.165) is 27.2 Å². The molecule has 4 aromatic carbocycles. The summed E-state index contributed by atoms with van der Waals surface area (Å²) in [5.41, 5.74) is 3.46. The number of carbonyl (C=O) groups is 3. The third-order valence-electron chi connectivity index (χ3n) is 11.4. The molecule has 64 heavy (non-hydrogen) atoms. The van der Waals surface area contributed by atoms with E-state index in [4.69, 9.17) is 37.6 Å². The lowest BCUT2D eigenvalue weighted by Crippen LogP contribution is -2.61. The Hall–Kier alpha value is -5.19. The number of aryl methyl sites for hydroxylation is 1. The van der Waals surface area contributed by atoms with Crippen LogP contribution in [0.4, 0.5) is 4.79 Å². The molecular formula is C50H54BrNO12. The largest absolute Gasteiger partial charge is 0.461 e. The van der Waals surface area contributed by atoms with Crippen LogP contribution in [0.1, 0.15) is 66.3 Å². The molecule has 2 aliphatic rings. The lowest BCUT2D eigenvalue weighted by atomic mass is 9.90. The maximum atomic E-state index is 14.7. The molecule has 9 atom stereocenters. The molecule has 2 saturated heterocycles. The number of carbonyl (C=O) groups excluding carboxylic acids is 3. The highest BCUT2D eigenvalue weighted by atomic mass is 79.9. The van der Waals surface area contributed by atoms with E-state index in [2.05, 4.69) is 15.9 Å². The molecule has 2 aliphatic heterocycles. The van der Waals surface area contributed by atoms with Gasteiger partial charge in [0.25, 0.3) is 0 Å². The van der Waals surface area contributed by atoms with E-state index >= 15 is 0 Å². The average Bonchev–Trinajstić information content (AvgIpc) is 3.84. The number of nitrogens with zero attached hydrogens (tertiary/aromatic N) is 1. The fourth-order valence-corrected chi connectivity index (χ4v) is 8.74. The zero-order valence-corrected chi connectivity index (χ0v) is 37.6. The van der Waals surface area contributed by atoms with Gasteiger partial charge in [-0.25, -0.2) is 9.69 Å². The Morgan fingerprint density at radius 1 is 0.797 bits per heavy atom. The molecule has 338 valence electrons. The first-order chi connectivity index (χ1) is 31.1. The number of furan rings is 1. The van der Waals surface area contributed by atoms with Crippen molar-refractivity contribution in [2.75, 3.05) is 20.3 Å². The Morgan fingerprint density at radius 3 is 1.95 bits per heavy atom. The standard InChI is InChI=1S/C50H54BrNO12/c1-32-43(37-23-14-7-15-24-37)64-50(56)52(32)48(55)38(27-34-17-8-4-9-18-34)44(61-33(2)54)41-28-39(51)40(62-41)25-16-26-58-47-46(60-31-36-21-12-6-13-22-36)45(42(29-53)63-49(47)57-3)59-30-35-19-10-5-11-20-35/h4-15,17-24,28,32,38,42-47,49,53H,16,25-27,29-31H2,1-3H3. The highest BCUT2D eigenvalue weighted by molar-refractivity contribution is 9.10. The van der Waals surface area contributed by atoms with Crippen LogP contribution in [0.2, 0.25) is 0 Å². The lowest BCUT2D eigenvalue weighted by molar-refractivity contribution is -0.319. The monoisotopic (exact) mass is 939 g/mol. The molecule has 9 unspecified atom stereocenters. The van der Waals surface area contributed by atoms with E-state index in [1.54, 1.807) is 13.0 Å². The number of rotatable bonds is 20. The molecule has 2 amide bonds. The van der Waals surface area contributed by atoms with Gasteiger partial charge in [0.05, 0.1) is 36.3 Å². The van der Waals surface area contributed by atoms with E-state index in [9.17, 15) is 19.5 Å². The Kier molecular flexibility index (Phi) is 16.5. The molecular weight excluding hydrogens is 886 g/mol. The summed E-state index contributed by atoms with van der Waals surface area (Å²) in [6, 6.07) is 39.1. The summed E-state index contributed by atoms with van der Waals surface area (Å²) in [6.07, 6.45) is -5.43. The molecule has 7 rings (SSSR count). The first kappa shape index (κ1) is 46.8. The van der Waals surface area contributed by atoms with Crippen molar-refractivity contribution in [1.82, 2.24) is 4.90 Å². The number of benzene rings is 4. The zero-order valence-electron chi connectivity index (χ0n) is 36.0. The van der Waals surface area contributed by atoms with Crippen LogP contribution >= 0.6 is 15.9 Å². The van der Waals surface area contributed by atoms with Gasteiger partial charge in [0.15, 0.2) is 12.4 Å². The quantitative estimate of drug-likeness (QED) is 0.0589. The number of cyclic esters (lactones) is 1. The van der Waals surface area contributed by atoms with E-state index < -0.39 is 72.8 Å². The summed E-state index contributed by atoms with van der Waals surface area (Å²) in [7, 11) is 1.51. The molecule has 1 N–H and O–H groups in total. The maximum Gasteiger partial charge on any atom is 0.417 e. The van der Waals surface area contributed by atoms with Gasteiger partial charge in [0.2, 0.25) is 5.91 Å². The second-order valence-corrected chi connectivity index (χ2v) is 16.7. The topological polar surface area (TPSA) is 152 Å². The van der Waals surface area contributed by atoms with Crippen LogP contribution in [0.5, 0.6) is 0 Å². The SMILES string of the molecule is COC1OC(CO)C(OCc2ccccc2)C(OCc2ccccc2)C1OCCCc1oc(C(OC(C)=O)C(Cc2ccccc2)C(=O)N2C(=O)OC(c3ccccc3)C2C)cc1Br. The van der Waals surface area contributed by atoms with Crippen LogP contribution in [0.25, 0.3) is 0 Å². The molecule has 1 aromatic heterocycles. The molecule has 2 fully saturated rings. The number of esters is 1. The fraction of sp³-hybridized carbons (Fsp3) is 0.380. The van der Waals surface area contributed by atoms with Crippen molar-refractivity contribution in [3.05, 3.63) is 166 Å². The maximum absolute atomic E-state index is 14.7. The van der Waals surface area contributed by atoms with E-state index in [-0.39, 0.29) is 38.6 Å². The number of aliphatic hydroxyl groups is 1. The summed E-state index contributed by atoms with van der Waals surface area (Å²) in [6.45, 7) is 3.45. The Bertz CT molecular complexity index is 2240. The first-order valence-electron chi connectivity index (χ1n) is 21.4. The predicted octanol–water partition coefficient (Wildman–Crippen LogP) is 8.47. The molecule has 0 aliphatic carbocycles. The molecule has 0 radical (unpaired) electrons. The van der Waals surface area contributed by atoms with Crippen LogP contribution in [0, 0.1) is 5.92 Å². The normalized spacial score (nSPS) is 23.0. The number of halogens is 1. The Balaban J connectivity index is 1.09. The summed E-state index contributed by atoms with van der Waals surface area (Å²) >= 11 is 3.64. The summed E-state index contributed by atoms with van der Waals surface area (Å²) in [5, 5.41) is 10.4. The van der Waals surface area contributed by atoms with Crippen LogP contribution in [0.15, 0.2) is 136 Å². The van der Waals surface area contributed by atoms with Gasteiger partial charge in [0, 0.05) is 27.1 Å². The minimum absolute atomic E-state index is 0.135. The number of imide groups is 1. The summed E-state index contributed by atoms with van der Waals surface area (Å²) in [4.78, 5) is 42.0. The highest BCUT2D eigenvalue weighted by Gasteiger charge is 2.50. The highest BCUT2D eigenvalue weighted by Crippen LogP contribution is 2.40. The van der Waals surface area contributed by atoms with Crippen molar-refractivity contribution >= 4 is 33.9 Å². The third-order valence-corrected chi connectivity index (χ3v) is 12.1. The number of hydrogen-bond acceptors (Lipinski definition) is 12. The predicted molar refractivity (Wildman–Crippen MR) is 237 cm³/mol. The van der Waals surface area contributed by atoms with Crippen molar-refractivity contribution < 1.29 is 57.1 Å².